The molecule has 5 nitrogen and oxygen atoms in total. The maximum Gasteiger partial charge on any atom is 0.279 e. The van der Waals surface area contributed by atoms with E-state index < -0.39 is 6.04 Å². The second-order valence-corrected chi connectivity index (χ2v) is 4.96. The fourth-order valence-electron chi connectivity index (χ4n) is 1.73. The van der Waals surface area contributed by atoms with Gasteiger partial charge in [-0.2, -0.15) is 0 Å². The Balaban J connectivity index is 2.04. The van der Waals surface area contributed by atoms with E-state index in [9.17, 15) is 9.59 Å². The molecule has 96 valence electrons. The van der Waals surface area contributed by atoms with Gasteiger partial charge in [-0.05, 0) is 18.7 Å². The van der Waals surface area contributed by atoms with Crippen LogP contribution in [-0.2, 0) is 11.3 Å². The molecule has 0 bridgehead atoms. The average Bonchev–Trinajstić information content (AvgIpc) is 2.79. The van der Waals surface area contributed by atoms with Crippen molar-refractivity contribution in [3.63, 3.8) is 0 Å². The molecule has 0 spiro atoms. The lowest BCUT2D eigenvalue weighted by Crippen LogP contribution is -2.38. The fraction of sp³-hybridized carbons (Fsp3) is 0.333. The highest BCUT2D eigenvalue weighted by atomic mass is 32.2. The highest BCUT2D eigenvalue weighted by molar-refractivity contribution is 8.14. The predicted octanol–water partition coefficient (Wildman–Crippen LogP) is 1.17. The molecule has 1 aliphatic heterocycles. The summed E-state index contributed by atoms with van der Waals surface area (Å²) in [6.45, 7) is 0.683. The predicted molar refractivity (Wildman–Crippen MR) is 72.6 cm³/mol. The molecule has 1 aliphatic rings. The van der Waals surface area contributed by atoms with E-state index in [1.165, 1.54) is 0 Å². The van der Waals surface area contributed by atoms with Crippen LogP contribution in [0, 0.1) is 0 Å². The number of carbonyl (C=O) groups excluding carboxylic acids is 2. The number of hydrogen-bond donors (Lipinski definition) is 3. The summed E-state index contributed by atoms with van der Waals surface area (Å²) in [5.41, 5.74) is 1.80. The largest absolute Gasteiger partial charge is 0.334 e. The van der Waals surface area contributed by atoms with Gasteiger partial charge in [0.25, 0.3) is 5.24 Å². The van der Waals surface area contributed by atoms with Crippen molar-refractivity contribution in [3.8, 4) is 0 Å². The van der Waals surface area contributed by atoms with E-state index in [1.807, 2.05) is 31.3 Å². The number of nitrogens with one attached hydrogen (secondary N) is 3. The monoisotopic (exact) mass is 265 g/mol. The molecule has 3 N–H and O–H groups in total. The number of rotatable bonds is 4. The van der Waals surface area contributed by atoms with Gasteiger partial charge in [0.15, 0.2) is 0 Å². The number of carbonyl (C=O) groups is 2. The SMILES string of the molecule is CNCc1ccccc1NC(=O)C1CSC(=O)N1. The summed E-state index contributed by atoms with van der Waals surface area (Å²) in [4.78, 5) is 23.0. The minimum Gasteiger partial charge on any atom is -0.334 e. The molecule has 1 aromatic carbocycles. The first-order valence-corrected chi connectivity index (χ1v) is 6.66. The molecule has 1 fully saturated rings. The zero-order chi connectivity index (χ0) is 13.0. The van der Waals surface area contributed by atoms with Crippen LogP contribution >= 0.6 is 11.8 Å². The van der Waals surface area contributed by atoms with Gasteiger partial charge in [-0.1, -0.05) is 30.0 Å². The highest BCUT2D eigenvalue weighted by Gasteiger charge is 2.28. The van der Waals surface area contributed by atoms with E-state index in [0.717, 1.165) is 23.0 Å². The summed E-state index contributed by atoms with van der Waals surface area (Å²) in [5, 5.41) is 8.38. The molecule has 6 heteroatoms. The van der Waals surface area contributed by atoms with Crippen molar-refractivity contribution < 1.29 is 9.59 Å². The Morgan fingerprint density at radius 3 is 2.94 bits per heavy atom. The maximum absolute atomic E-state index is 12.0. The molecular formula is C12H15N3O2S. The van der Waals surface area contributed by atoms with E-state index in [-0.39, 0.29) is 11.1 Å². The lowest BCUT2D eigenvalue weighted by Gasteiger charge is -2.13. The van der Waals surface area contributed by atoms with Crippen molar-refractivity contribution in [3.05, 3.63) is 29.8 Å². The van der Waals surface area contributed by atoms with Gasteiger partial charge in [0, 0.05) is 18.0 Å². The molecule has 1 atom stereocenters. The Labute approximate surface area is 110 Å². The second-order valence-electron chi connectivity index (χ2n) is 3.97. The third-order valence-corrected chi connectivity index (χ3v) is 3.51. The molecule has 2 amide bonds. The number of benzene rings is 1. The van der Waals surface area contributed by atoms with Gasteiger partial charge < -0.3 is 16.0 Å². The standard InChI is InChI=1S/C12H15N3O2S/c1-13-6-8-4-2-3-5-9(8)14-11(16)10-7-18-12(17)15-10/h2-5,10,13H,6-7H2,1H3,(H,14,16)(H,15,17). The van der Waals surface area contributed by atoms with Crippen LogP contribution in [0.1, 0.15) is 5.56 Å². The highest BCUT2D eigenvalue weighted by Crippen LogP contribution is 2.18. The molecule has 1 unspecified atom stereocenters. The van der Waals surface area contributed by atoms with Crippen molar-refractivity contribution in [2.75, 3.05) is 18.1 Å². The zero-order valence-corrected chi connectivity index (χ0v) is 10.8. The smallest absolute Gasteiger partial charge is 0.279 e. The maximum atomic E-state index is 12.0. The summed E-state index contributed by atoms with van der Waals surface area (Å²) < 4.78 is 0. The quantitative estimate of drug-likeness (QED) is 0.764. The fourth-order valence-corrected chi connectivity index (χ4v) is 2.51. The summed E-state index contributed by atoms with van der Waals surface area (Å²) in [7, 11) is 1.85. The second kappa shape index (κ2) is 5.88. The van der Waals surface area contributed by atoms with Crippen LogP contribution in [0.4, 0.5) is 10.5 Å². The zero-order valence-electron chi connectivity index (χ0n) is 10.0. The summed E-state index contributed by atoms with van der Waals surface area (Å²) >= 11 is 1.14. The molecule has 18 heavy (non-hydrogen) atoms. The van der Waals surface area contributed by atoms with Gasteiger partial charge in [0.1, 0.15) is 6.04 Å². The van der Waals surface area contributed by atoms with Gasteiger partial charge in [-0.15, -0.1) is 0 Å². The molecule has 2 rings (SSSR count). The van der Waals surface area contributed by atoms with Crippen molar-refractivity contribution in [1.29, 1.82) is 0 Å². The van der Waals surface area contributed by atoms with Crippen LogP contribution in [0.15, 0.2) is 24.3 Å². The number of thioether (sulfide) groups is 1. The van der Waals surface area contributed by atoms with Crippen LogP contribution in [0.5, 0.6) is 0 Å². The number of amides is 2. The van der Waals surface area contributed by atoms with Crippen LogP contribution in [0.3, 0.4) is 0 Å². The van der Waals surface area contributed by atoms with Crippen molar-refractivity contribution in [2.24, 2.45) is 0 Å². The normalized spacial score (nSPS) is 18.5. The van der Waals surface area contributed by atoms with E-state index in [4.69, 9.17) is 0 Å². The molecule has 0 saturated carbocycles. The van der Waals surface area contributed by atoms with E-state index in [0.29, 0.717) is 12.3 Å². The van der Waals surface area contributed by atoms with Crippen LogP contribution in [-0.4, -0.2) is 30.0 Å². The van der Waals surface area contributed by atoms with Crippen molar-refractivity contribution in [2.45, 2.75) is 12.6 Å². The van der Waals surface area contributed by atoms with Crippen LogP contribution in [0.2, 0.25) is 0 Å². The van der Waals surface area contributed by atoms with E-state index in [2.05, 4.69) is 16.0 Å². The molecule has 1 heterocycles. The van der Waals surface area contributed by atoms with Crippen molar-refractivity contribution >= 4 is 28.6 Å². The Hall–Kier alpha value is -1.53. The number of para-hydroxylation sites is 1. The topological polar surface area (TPSA) is 70.2 Å². The van der Waals surface area contributed by atoms with Crippen molar-refractivity contribution in [1.82, 2.24) is 10.6 Å². The molecule has 0 aromatic heterocycles. The Kier molecular flexibility index (Phi) is 4.22. The first-order chi connectivity index (χ1) is 8.70. The first kappa shape index (κ1) is 12.9. The summed E-state index contributed by atoms with van der Waals surface area (Å²) in [6, 6.07) is 7.17. The first-order valence-electron chi connectivity index (χ1n) is 5.67. The average molecular weight is 265 g/mol. The lowest BCUT2D eigenvalue weighted by atomic mass is 10.1. The number of anilines is 1. The minimum absolute atomic E-state index is 0.140. The van der Waals surface area contributed by atoms with Crippen LogP contribution < -0.4 is 16.0 Å². The van der Waals surface area contributed by atoms with E-state index >= 15 is 0 Å². The third-order valence-electron chi connectivity index (χ3n) is 2.63. The molecule has 1 saturated heterocycles. The third kappa shape index (κ3) is 3.02. The molecule has 0 aliphatic carbocycles. The summed E-state index contributed by atoms with van der Waals surface area (Å²) in [6.07, 6.45) is 0. The lowest BCUT2D eigenvalue weighted by molar-refractivity contribution is -0.117. The van der Waals surface area contributed by atoms with Gasteiger partial charge in [-0.25, -0.2) is 0 Å². The van der Waals surface area contributed by atoms with Gasteiger partial charge in [0.05, 0.1) is 0 Å². The Morgan fingerprint density at radius 1 is 1.50 bits per heavy atom. The van der Waals surface area contributed by atoms with Gasteiger partial charge in [0.2, 0.25) is 5.91 Å². The summed E-state index contributed by atoms with van der Waals surface area (Å²) in [5.74, 6) is 0.315. The molecule has 0 radical (unpaired) electrons. The number of hydrogen-bond acceptors (Lipinski definition) is 4. The van der Waals surface area contributed by atoms with Gasteiger partial charge >= 0.3 is 0 Å². The minimum atomic E-state index is -0.440. The van der Waals surface area contributed by atoms with Gasteiger partial charge in [-0.3, -0.25) is 9.59 Å². The van der Waals surface area contributed by atoms with Crippen LogP contribution in [0.25, 0.3) is 0 Å². The Bertz CT molecular complexity index is 464. The van der Waals surface area contributed by atoms with E-state index in [1.54, 1.807) is 0 Å². The molecular weight excluding hydrogens is 250 g/mol. The molecule has 1 aromatic rings. The Morgan fingerprint density at radius 2 is 2.28 bits per heavy atom.